The van der Waals surface area contributed by atoms with E-state index in [4.69, 9.17) is 30.4 Å². The van der Waals surface area contributed by atoms with Crippen molar-refractivity contribution in [3.8, 4) is 17.2 Å². The number of rotatable bonds is 12. The van der Waals surface area contributed by atoms with E-state index in [1.807, 2.05) is 0 Å². The monoisotopic (exact) mass is 572 g/mol. The van der Waals surface area contributed by atoms with E-state index in [1.54, 1.807) is 55.5 Å². The number of hydrogen-bond donors (Lipinski definition) is 2. The average molecular weight is 573 g/mol. The first kappa shape index (κ1) is 30.9. The summed E-state index contributed by atoms with van der Waals surface area (Å²) in [6.45, 7) is 1.95. The quantitative estimate of drug-likeness (QED) is 0.0648. The van der Waals surface area contributed by atoms with Crippen LogP contribution in [0.1, 0.15) is 47.7 Å². The number of unbranched alkanes of at least 4 members (excludes halogenated alkanes) is 1. The van der Waals surface area contributed by atoms with Crippen molar-refractivity contribution in [1.29, 1.82) is 0 Å². The molecule has 218 valence electrons. The highest BCUT2D eigenvalue weighted by Gasteiger charge is 2.26. The number of nitrogens with two attached hydrogens (primary N) is 2. The Bertz CT molecular complexity index is 1390. The lowest BCUT2D eigenvalue weighted by Gasteiger charge is -2.13. The van der Waals surface area contributed by atoms with E-state index >= 15 is 0 Å². The van der Waals surface area contributed by atoms with Gasteiger partial charge < -0.3 is 30.4 Å². The molecule has 0 bridgehead atoms. The standard InChI is InChI=1S/C30H31F3N2O6/c1-3-39-29(37)24(23-12-9-21(34)18-25(23)35)16-19-6-10-22(11-7-19)41-28(36)20-8-13-26(27(17-20)38-2)40-15-5-4-14-30(31,32)33/h6-13,16-18H,3-5,14-15,34-35H2,1-2H3. The number of nitrogen functional groups attached to an aromatic ring is 2. The minimum Gasteiger partial charge on any atom is -0.493 e. The van der Waals surface area contributed by atoms with Gasteiger partial charge in [-0.3, -0.25) is 0 Å². The third-order valence-electron chi connectivity index (χ3n) is 5.77. The van der Waals surface area contributed by atoms with E-state index in [-0.39, 0.29) is 48.7 Å². The summed E-state index contributed by atoms with van der Waals surface area (Å²) >= 11 is 0. The predicted octanol–water partition coefficient (Wildman–Crippen LogP) is 6.29. The second-order valence-electron chi connectivity index (χ2n) is 8.87. The lowest BCUT2D eigenvalue weighted by Crippen LogP contribution is -2.10. The molecule has 41 heavy (non-hydrogen) atoms. The fourth-order valence-corrected chi connectivity index (χ4v) is 3.77. The van der Waals surface area contributed by atoms with Crippen LogP contribution in [-0.4, -0.2) is 38.4 Å². The van der Waals surface area contributed by atoms with Crippen molar-refractivity contribution in [2.24, 2.45) is 0 Å². The zero-order valence-electron chi connectivity index (χ0n) is 22.6. The SMILES string of the molecule is CCOC(=O)C(=Cc1ccc(OC(=O)c2ccc(OCCCCC(F)(F)F)c(OC)c2)cc1)c1ccc(N)cc1N. The van der Waals surface area contributed by atoms with Gasteiger partial charge >= 0.3 is 18.1 Å². The maximum Gasteiger partial charge on any atom is 0.389 e. The largest absolute Gasteiger partial charge is 0.493 e. The fourth-order valence-electron chi connectivity index (χ4n) is 3.77. The maximum atomic E-state index is 12.7. The van der Waals surface area contributed by atoms with Crippen LogP contribution in [0.3, 0.4) is 0 Å². The van der Waals surface area contributed by atoms with E-state index in [9.17, 15) is 22.8 Å². The number of carbonyl (C=O) groups excluding carboxylic acids is 2. The van der Waals surface area contributed by atoms with Gasteiger partial charge in [-0.15, -0.1) is 0 Å². The molecule has 0 aliphatic heterocycles. The lowest BCUT2D eigenvalue weighted by atomic mass is 10.0. The molecule has 11 heteroatoms. The predicted molar refractivity (Wildman–Crippen MR) is 150 cm³/mol. The Morgan fingerprint density at radius 2 is 1.66 bits per heavy atom. The first-order valence-corrected chi connectivity index (χ1v) is 12.7. The summed E-state index contributed by atoms with van der Waals surface area (Å²) < 4.78 is 58.3. The summed E-state index contributed by atoms with van der Waals surface area (Å²) in [6, 6.07) is 15.7. The van der Waals surface area contributed by atoms with Crippen molar-refractivity contribution in [1.82, 2.24) is 0 Å². The van der Waals surface area contributed by atoms with Crippen molar-refractivity contribution in [2.75, 3.05) is 31.8 Å². The Morgan fingerprint density at radius 1 is 0.927 bits per heavy atom. The van der Waals surface area contributed by atoms with Crippen molar-refractivity contribution in [3.05, 3.63) is 77.4 Å². The molecule has 0 atom stereocenters. The minimum atomic E-state index is -4.20. The van der Waals surface area contributed by atoms with Gasteiger partial charge in [-0.1, -0.05) is 12.1 Å². The zero-order chi connectivity index (χ0) is 30.0. The summed E-state index contributed by atoms with van der Waals surface area (Å²) in [7, 11) is 1.38. The molecule has 0 fully saturated rings. The molecule has 3 aromatic carbocycles. The second kappa shape index (κ2) is 14.1. The van der Waals surface area contributed by atoms with Crippen LogP contribution in [0.15, 0.2) is 60.7 Å². The van der Waals surface area contributed by atoms with Gasteiger partial charge in [0.05, 0.1) is 31.5 Å². The van der Waals surface area contributed by atoms with Crippen LogP contribution >= 0.6 is 0 Å². The molecule has 3 rings (SSSR count). The molecule has 0 heterocycles. The van der Waals surface area contributed by atoms with Crippen molar-refractivity contribution >= 4 is 35.0 Å². The number of carbonyl (C=O) groups is 2. The van der Waals surface area contributed by atoms with Crippen molar-refractivity contribution < 1.29 is 41.7 Å². The Morgan fingerprint density at radius 3 is 2.29 bits per heavy atom. The molecule has 8 nitrogen and oxygen atoms in total. The Balaban J connectivity index is 1.69. The highest BCUT2D eigenvalue weighted by Crippen LogP contribution is 2.30. The number of methoxy groups -OCH3 is 1. The summed E-state index contributed by atoms with van der Waals surface area (Å²) in [5.41, 5.74) is 14.2. The van der Waals surface area contributed by atoms with Crippen LogP contribution in [0.5, 0.6) is 17.2 Å². The van der Waals surface area contributed by atoms with Crippen LogP contribution in [0, 0.1) is 0 Å². The van der Waals surface area contributed by atoms with Crippen molar-refractivity contribution in [3.63, 3.8) is 0 Å². The molecule has 0 saturated heterocycles. The van der Waals surface area contributed by atoms with Crippen LogP contribution < -0.4 is 25.7 Å². The van der Waals surface area contributed by atoms with E-state index in [1.165, 1.54) is 25.3 Å². The zero-order valence-corrected chi connectivity index (χ0v) is 22.6. The molecule has 3 aromatic rings. The van der Waals surface area contributed by atoms with Gasteiger partial charge in [0.2, 0.25) is 0 Å². The van der Waals surface area contributed by atoms with Crippen LogP contribution in [-0.2, 0) is 9.53 Å². The summed E-state index contributed by atoms with van der Waals surface area (Å²) in [6.07, 6.45) is -3.30. The molecule has 0 aliphatic rings. The van der Waals surface area contributed by atoms with E-state index < -0.39 is 24.5 Å². The average Bonchev–Trinajstić information content (AvgIpc) is 2.92. The molecule has 0 aliphatic carbocycles. The normalized spacial score (nSPS) is 11.6. The molecule has 0 aromatic heterocycles. The number of esters is 2. The van der Waals surface area contributed by atoms with Gasteiger partial charge in [0, 0.05) is 23.4 Å². The summed E-state index contributed by atoms with van der Waals surface area (Å²) in [4.78, 5) is 25.4. The molecule has 0 unspecified atom stereocenters. The Labute approximate surface area is 235 Å². The first-order valence-electron chi connectivity index (χ1n) is 12.7. The van der Waals surface area contributed by atoms with E-state index in [0.29, 0.717) is 28.3 Å². The Hall–Kier alpha value is -4.67. The number of alkyl halides is 3. The summed E-state index contributed by atoms with van der Waals surface area (Å²) in [5.74, 6) is -0.427. The molecule has 0 saturated carbocycles. The van der Waals surface area contributed by atoms with E-state index in [0.717, 1.165) is 0 Å². The number of hydrogen-bond acceptors (Lipinski definition) is 8. The van der Waals surface area contributed by atoms with Gasteiger partial charge in [-0.25, -0.2) is 9.59 Å². The third-order valence-corrected chi connectivity index (χ3v) is 5.77. The second-order valence-corrected chi connectivity index (χ2v) is 8.87. The van der Waals surface area contributed by atoms with E-state index in [2.05, 4.69) is 0 Å². The minimum absolute atomic E-state index is 0.0512. The van der Waals surface area contributed by atoms with Crippen LogP contribution in [0.2, 0.25) is 0 Å². The molecule has 4 N–H and O–H groups in total. The fraction of sp³-hybridized carbons (Fsp3) is 0.267. The molecular formula is C30H31F3N2O6. The molecule has 0 amide bonds. The number of halogens is 3. The van der Waals surface area contributed by atoms with Gasteiger partial charge in [-0.2, -0.15) is 13.2 Å². The summed E-state index contributed by atoms with van der Waals surface area (Å²) in [5, 5.41) is 0. The third kappa shape index (κ3) is 9.20. The first-order chi connectivity index (χ1) is 19.5. The molecular weight excluding hydrogens is 541 g/mol. The topological polar surface area (TPSA) is 123 Å². The Kier molecular flexibility index (Phi) is 10.6. The van der Waals surface area contributed by atoms with Crippen LogP contribution in [0.25, 0.3) is 11.6 Å². The smallest absolute Gasteiger partial charge is 0.389 e. The lowest BCUT2D eigenvalue weighted by molar-refractivity contribution is -0.136. The number of ether oxygens (including phenoxy) is 4. The van der Waals surface area contributed by atoms with Gasteiger partial charge in [0.15, 0.2) is 11.5 Å². The van der Waals surface area contributed by atoms with Gasteiger partial charge in [0.25, 0.3) is 0 Å². The maximum absolute atomic E-state index is 12.7. The van der Waals surface area contributed by atoms with Gasteiger partial charge in [0.1, 0.15) is 5.75 Å². The van der Waals surface area contributed by atoms with Crippen molar-refractivity contribution in [2.45, 2.75) is 32.4 Å². The molecule has 0 spiro atoms. The highest BCUT2D eigenvalue weighted by atomic mass is 19.4. The van der Waals surface area contributed by atoms with Gasteiger partial charge in [-0.05, 0) is 79.9 Å². The number of benzene rings is 3. The molecule has 0 radical (unpaired) electrons. The highest BCUT2D eigenvalue weighted by molar-refractivity contribution is 6.23. The van der Waals surface area contributed by atoms with Crippen LogP contribution in [0.4, 0.5) is 24.5 Å². The number of anilines is 2.